The van der Waals surface area contributed by atoms with Gasteiger partial charge in [0, 0.05) is 24.7 Å². The van der Waals surface area contributed by atoms with E-state index in [9.17, 15) is 13.7 Å². The van der Waals surface area contributed by atoms with E-state index >= 15 is 0 Å². The Hall–Kier alpha value is -3.32. The van der Waals surface area contributed by atoms with E-state index in [1.54, 1.807) is 36.5 Å². The average Bonchev–Trinajstić information content (AvgIpc) is 2.81. The Morgan fingerprint density at radius 3 is 2.68 bits per heavy atom. The molecule has 0 saturated carbocycles. The molecular formula is C25H28N4O4S. The van der Waals surface area contributed by atoms with Gasteiger partial charge in [0.15, 0.2) is 0 Å². The highest BCUT2D eigenvalue weighted by molar-refractivity contribution is 7.88. The molecule has 0 aliphatic heterocycles. The first-order valence-corrected chi connectivity index (χ1v) is 12.6. The predicted octanol–water partition coefficient (Wildman–Crippen LogP) is 3.05. The van der Waals surface area contributed by atoms with E-state index in [-0.39, 0.29) is 18.9 Å². The molecule has 2 aromatic carbocycles. The average molecular weight is 481 g/mol. The summed E-state index contributed by atoms with van der Waals surface area (Å²) >= 11 is 0. The van der Waals surface area contributed by atoms with Gasteiger partial charge in [0.25, 0.3) is 0 Å². The third-order valence-electron chi connectivity index (χ3n) is 4.82. The van der Waals surface area contributed by atoms with Crippen LogP contribution in [-0.4, -0.2) is 43.3 Å². The summed E-state index contributed by atoms with van der Waals surface area (Å²) in [6, 6.07) is 16.6. The van der Waals surface area contributed by atoms with Crippen LogP contribution in [0, 0.1) is 17.2 Å². The lowest BCUT2D eigenvalue weighted by Crippen LogP contribution is -2.27. The standard InChI is InChI=1S/C25H28N4O4S/c1-18(2)16-33-24-7-6-21(14-22(24)15-26)23-8-9-27-25(29-23)13-19-4-3-5-20(12-19)17-34(31,32)28-10-11-30/h3-9,12,14,18,28,30H,10-11,13,16-17H2,1-2H3. The molecule has 1 heterocycles. The molecule has 0 fully saturated rings. The number of benzene rings is 2. The van der Waals surface area contributed by atoms with Gasteiger partial charge in [-0.15, -0.1) is 0 Å². The summed E-state index contributed by atoms with van der Waals surface area (Å²) in [5.41, 5.74) is 3.43. The van der Waals surface area contributed by atoms with Crippen molar-refractivity contribution in [2.75, 3.05) is 19.8 Å². The Morgan fingerprint density at radius 2 is 1.94 bits per heavy atom. The molecule has 0 amide bonds. The number of nitrogens with zero attached hydrogens (tertiary/aromatic N) is 3. The number of nitriles is 1. The van der Waals surface area contributed by atoms with Crippen LogP contribution in [0.2, 0.25) is 0 Å². The normalized spacial score (nSPS) is 11.4. The van der Waals surface area contributed by atoms with Crippen molar-refractivity contribution >= 4 is 10.0 Å². The monoisotopic (exact) mass is 480 g/mol. The van der Waals surface area contributed by atoms with Crippen molar-refractivity contribution in [3.8, 4) is 23.1 Å². The van der Waals surface area contributed by atoms with Gasteiger partial charge in [-0.1, -0.05) is 38.1 Å². The molecule has 34 heavy (non-hydrogen) atoms. The van der Waals surface area contributed by atoms with Crippen LogP contribution in [0.5, 0.6) is 5.75 Å². The number of nitrogens with one attached hydrogen (secondary N) is 1. The maximum atomic E-state index is 12.1. The van der Waals surface area contributed by atoms with Crippen LogP contribution in [0.4, 0.5) is 0 Å². The molecule has 1 aromatic heterocycles. The Balaban J connectivity index is 1.77. The number of ether oxygens (including phenoxy) is 1. The number of aromatic nitrogens is 2. The minimum absolute atomic E-state index is 0.0129. The summed E-state index contributed by atoms with van der Waals surface area (Å²) in [4.78, 5) is 9.00. The van der Waals surface area contributed by atoms with Gasteiger partial charge >= 0.3 is 0 Å². The Morgan fingerprint density at radius 1 is 1.15 bits per heavy atom. The van der Waals surface area contributed by atoms with Gasteiger partial charge in [-0.05, 0) is 41.3 Å². The van der Waals surface area contributed by atoms with Gasteiger partial charge in [0.05, 0.1) is 30.2 Å². The molecule has 9 heteroatoms. The van der Waals surface area contributed by atoms with Crippen LogP contribution < -0.4 is 9.46 Å². The van der Waals surface area contributed by atoms with E-state index in [1.807, 2.05) is 32.0 Å². The smallest absolute Gasteiger partial charge is 0.215 e. The van der Waals surface area contributed by atoms with E-state index in [2.05, 4.69) is 20.8 Å². The zero-order chi connectivity index (χ0) is 24.6. The molecule has 2 N–H and O–H groups in total. The maximum Gasteiger partial charge on any atom is 0.215 e. The van der Waals surface area contributed by atoms with Crippen molar-refractivity contribution in [2.24, 2.45) is 5.92 Å². The van der Waals surface area contributed by atoms with Crippen molar-refractivity contribution in [1.29, 1.82) is 5.26 Å². The van der Waals surface area contributed by atoms with Crippen LogP contribution in [0.3, 0.4) is 0 Å². The molecule has 0 bridgehead atoms. The SMILES string of the molecule is CC(C)COc1ccc(-c2ccnc(Cc3cccc(CS(=O)(=O)NCCO)c3)n2)cc1C#N. The van der Waals surface area contributed by atoms with Crippen molar-refractivity contribution in [3.05, 3.63) is 77.2 Å². The number of aliphatic hydroxyl groups excluding tert-OH is 1. The van der Waals surface area contributed by atoms with Gasteiger partial charge in [-0.2, -0.15) is 5.26 Å². The largest absolute Gasteiger partial charge is 0.492 e. The highest BCUT2D eigenvalue weighted by Crippen LogP contribution is 2.26. The molecule has 0 saturated heterocycles. The third-order valence-corrected chi connectivity index (χ3v) is 6.17. The van der Waals surface area contributed by atoms with Crippen LogP contribution >= 0.6 is 0 Å². The zero-order valence-electron chi connectivity index (χ0n) is 19.2. The Kier molecular flexibility index (Phi) is 8.71. The summed E-state index contributed by atoms with van der Waals surface area (Å²) < 4.78 is 32.3. The minimum Gasteiger partial charge on any atom is -0.492 e. The van der Waals surface area contributed by atoms with Gasteiger partial charge in [0.2, 0.25) is 10.0 Å². The number of aliphatic hydroxyl groups is 1. The lowest BCUT2D eigenvalue weighted by atomic mass is 10.1. The molecule has 0 aliphatic rings. The predicted molar refractivity (Wildman–Crippen MR) is 129 cm³/mol. The van der Waals surface area contributed by atoms with Crippen molar-refractivity contribution in [2.45, 2.75) is 26.0 Å². The molecule has 3 aromatic rings. The van der Waals surface area contributed by atoms with Crippen LogP contribution in [-0.2, 0) is 22.2 Å². The molecule has 8 nitrogen and oxygen atoms in total. The van der Waals surface area contributed by atoms with E-state index in [0.717, 1.165) is 11.1 Å². The lowest BCUT2D eigenvalue weighted by molar-refractivity contribution is 0.270. The fourth-order valence-electron chi connectivity index (χ4n) is 3.29. The third kappa shape index (κ3) is 7.35. The second-order valence-corrected chi connectivity index (χ2v) is 10.1. The second-order valence-electron chi connectivity index (χ2n) is 8.26. The summed E-state index contributed by atoms with van der Waals surface area (Å²) in [6.45, 7) is 4.36. The fraction of sp³-hybridized carbons (Fsp3) is 0.320. The minimum atomic E-state index is -3.53. The molecule has 0 aliphatic carbocycles. The second kappa shape index (κ2) is 11.7. The van der Waals surface area contributed by atoms with E-state index in [4.69, 9.17) is 9.84 Å². The fourth-order valence-corrected chi connectivity index (χ4v) is 4.41. The first kappa shape index (κ1) is 25.3. The highest BCUT2D eigenvalue weighted by atomic mass is 32.2. The van der Waals surface area contributed by atoms with E-state index in [0.29, 0.717) is 47.3 Å². The Labute approximate surface area is 200 Å². The lowest BCUT2D eigenvalue weighted by Gasteiger charge is -2.11. The summed E-state index contributed by atoms with van der Waals surface area (Å²) in [7, 11) is -3.53. The van der Waals surface area contributed by atoms with Crippen LogP contribution in [0.1, 0.15) is 36.4 Å². The zero-order valence-corrected chi connectivity index (χ0v) is 20.0. The summed E-state index contributed by atoms with van der Waals surface area (Å²) in [6.07, 6.45) is 2.09. The number of sulfonamides is 1. The van der Waals surface area contributed by atoms with Gasteiger partial charge in [0.1, 0.15) is 17.6 Å². The molecular weight excluding hydrogens is 452 g/mol. The summed E-state index contributed by atoms with van der Waals surface area (Å²) in [5.74, 6) is 1.30. The highest BCUT2D eigenvalue weighted by Gasteiger charge is 2.12. The molecule has 0 atom stereocenters. The molecule has 0 unspecified atom stereocenters. The summed E-state index contributed by atoms with van der Waals surface area (Å²) in [5, 5.41) is 18.4. The van der Waals surface area contributed by atoms with Gasteiger partial charge < -0.3 is 9.84 Å². The van der Waals surface area contributed by atoms with Crippen LogP contribution in [0.25, 0.3) is 11.3 Å². The maximum absolute atomic E-state index is 12.1. The van der Waals surface area contributed by atoms with Crippen LogP contribution in [0.15, 0.2) is 54.7 Å². The quantitative estimate of drug-likeness (QED) is 0.432. The number of hydrogen-bond donors (Lipinski definition) is 2. The topological polar surface area (TPSA) is 125 Å². The molecule has 3 rings (SSSR count). The van der Waals surface area contributed by atoms with Crippen molar-refractivity contribution < 1.29 is 18.3 Å². The van der Waals surface area contributed by atoms with E-state index in [1.165, 1.54) is 0 Å². The number of rotatable bonds is 11. The van der Waals surface area contributed by atoms with Crippen molar-refractivity contribution in [3.63, 3.8) is 0 Å². The molecule has 0 spiro atoms. The first-order chi connectivity index (χ1) is 16.3. The van der Waals surface area contributed by atoms with E-state index < -0.39 is 10.0 Å². The van der Waals surface area contributed by atoms with Gasteiger partial charge in [-0.25, -0.2) is 23.1 Å². The number of hydrogen-bond acceptors (Lipinski definition) is 7. The van der Waals surface area contributed by atoms with Gasteiger partial charge in [-0.3, -0.25) is 0 Å². The van der Waals surface area contributed by atoms with Crippen molar-refractivity contribution in [1.82, 2.24) is 14.7 Å². The molecule has 0 radical (unpaired) electrons. The first-order valence-electron chi connectivity index (χ1n) is 10.9. The Bertz CT molecular complexity index is 1270. The molecule has 178 valence electrons.